The van der Waals surface area contributed by atoms with Crippen LogP contribution in [-0.2, 0) is 24.8 Å². The monoisotopic (exact) mass is 238 g/mol. The number of amides is 1. The van der Waals surface area contributed by atoms with Crippen LogP contribution in [0.4, 0.5) is 0 Å². The van der Waals surface area contributed by atoms with E-state index in [0.717, 1.165) is 30.8 Å². The number of hydrogen-bond donors (Lipinski definition) is 2. The van der Waals surface area contributed by atoms with Gasteiger partial charge in [0.1, 0.15) is 0 Å². The summed E-state index contributed by atoms with van der Waals surface area (Å²) in [7, 11) is 1.92. The zero-order chi connectivity index (χ0) is 12.7. The number of aryl methyl sites for hydroxylation is 2. The fraction of sp³-hybridized carbons (Fsp3) is 0.667. The Bertz CT molecular complexity index is 359. The summed E-state index contributed by atoms with van der Waals surface area (Å²) in [4.78, 5) is 11.3. The zero-order valence-corrected chi connectivity index (χ0v) is 10.9. The van der Waals surface area contributed by atoms with Crippen LogP contribution in [0.1, 0.15) is 31.7 Å². The first kappa shape index (κ1) is 13.7. The van der Waals surface area contributed by atoms with E-state index in [1.165, 1.54) is 0 Å². The van der Waals surface area contributed by atoms with Gasteiger partial charge in [-0.3, -0.25) is 9.48 Å². The van der Waals surface area contributed by atoms with E-state index in [1.807, 2.05) is 18.7 Å². The number of hydrogen-bond acceptors (Lipinski definition) is 3. The highest BCUT2D eigenvalue weighted by molar-refractivity contribution is 5.77. The van der Waals surface area contributed by atoms with Crippen molar-refractivity contribution >= 4 is 5.91 Å². The van der Waals surface area contributed by atoms with Crippen LogP contribution in [0.3, 0.4) is 0 Å². The van der Waals surface area contributed by atoms with Crippen molar-refractivity contribution in [2.75, 3.05) is 13.1 Å². The van der Waals surface area contributed by atoms with Gasteiger partial charge in [-0.15, -0.1) is 0 Å². The normalized spacial score (nSPS) is 10.5. The third kappa shape index (κ3) is 4.56. The summed E-state index contributed by atoms with van der Waals surface area (Å²) in [5, 5.41) is 10.3. The van der Waals surface area contributed by atoms with Crippen molar-refractivity contribution in [3.05, 3.63) is 17.5 Å². The molecule has 0 saturated heterocycles. The lowest BCUT2D eigenvalue weighted by Gasteiger charge is -2.05. The lowest BCUT2D eigenvalue weighted by molar-refractivity contribution is -0.120. The van der Waals surface area contributed by atoms with Gasteiger partial charge in [0.15, 0.2) is 0 Å². The second-order valence-corrected chi connectivity index (χ2v) is 4.06. The van der Waals surface area contributed by atoms with Gasteiger partial charge in [-0.1, -0.05) is 13.8 Å². The third-order valence-electron chi connectivity index (χ3n) is 2.55. The van der Waals surface area contributed by atoms with Crippen molar-refractivity contribution in [1.82, 2.24) is 20.4 Å². The predicted molar refractivity (Wildman–Crippen MR) is 67.6 cm³/mol. The first-order chi connectivity index (χ1) is 8.17. The van der Waals surface area contributed by atoms with E-state index >= 15 is 0 Å². The van der Waals surface area contributed by atoms with E-state index in [1.54, 1.807) is 0 Å². The summed E-state index contributed by atoms with van der Waals surface area (Å²) in [6, 6.07) is 2.07. The molecule has 0 aromatic carbocycles. The molecule has 0 saturated carbocycles. The highest BCUT2D eigenvalue weighted by Crippen LogP contribution is 2.02. The molecule has 0 atom stereocenters. The minimum absolute atomic E-state index is 0.0460. The number of carbonyl (C=O) groups is 1. The molecule has 0 aliphatic rings. The van der Waals surface area contributed by atoms with Crippen molar-refractivity contribution in [3.8, 4) is 0 Å². The number of nitrogens with zero attached hydrogens (tertiary/aromatic N) is 2. The SMILES string of the molecule is CCCNC(=O)CNCc1cc(CC)nn1C. The van der Waals surface area contributed by atoms with Crippen LogP contribution < -0.4 is 10.6 Å². The van der Waals surface area contributed by atoms with Crippen LogP contribution in [0.25, 0.3) is 0 Å². The molecule has 0 aliphatic heterocycles. The Hall–Kier alpha value is -1.36. The quantitative estimate of drug-likeness (QED) is 0.731. The lowest BCUT2D eigenvalue weighted by Crippen LogP contribution is -2.34. The minimum Gasteiger partial charge on any atom is -0.355 e. The first-order valence-electron chi connectivity index (χ1n) is 6.16. The highest BCUT2D eigenvalue weighted by atomic mass is 16.1. The van der Waals surface area contributed by atoms with Crippen LogP contribution in [0.15, 0.2) is 6.07 Å². The van der Waals surface area contributed by atoms with E-state index in [-0.39, 0.29) is 5.91 Å². The number of rotatable bonds is 7. The minimum atomic E-state index is 0.0460. The molecule has 17 heavy (non-hydrogen) atoms. The molecular formula is C12H22N4O. The Morgan fingerprint density at radius 1 is 1.47 bits per heavy atom. The molecule has 0 spiro atoms. The van der Waals surface area contributed by atoms with Gasteiger partial charge >= 0.3 is 0 Å². The van der Waals surface area contributed by atoms with E-state index in [2.05, 4.69) is 28.7 Å². The Labute approximate surface area is 103 Å². The van der Waals surface area contributed by atoms with Gasteiger partial charge < -0.3 is 10.6 Å². The maximum atomic E-state index is 11.3. The molecule has 96 valence electrons. The molecule has 5 heteroatoms. The average Bonchev–Trinajstić information content (AvgIpc) is 2.68. The number of aromatic nitrogens is 2. The van der Waals surface area contributed by atoms with Crippen molar-refractivity contribution in [2.24, 2.45) is 7.05 Å². The van der Waals surface area contributed by atoms with Crippen LogP contribution in [0, 0.1) is 0 Å². The molecule has 5 nitrogen and oxygen atoms in total. The summed E-state index contributed by atoms with van der Waals surface area (Å²) in [6.07, 6.45) is 1.90. The van der Waals surface area contributed by atoms with Gasteiger partial charge in [0, 0.05) is 20.1 Å². The van der Waals surface area contributed by atoms with Crippen LogP contribution in [-0.4, -0.2) is 28.8 Å². The molecule has 1 aromatic heterocycles. The molecule has 0 fully saturated rings. The van der Waals surface area contributed by atoms with E-state index in [4.69, 9.17) is 0 Å². The number of nitrogens with one attached hydrogen (secondary N) is 2. The molecule has 0 unspecified atom stereocenters. The van der Waals surface area contributed by atoms with E-state index in [0.29, 0.717) is 13.1 Å². The first-order valence-corrected chi connectivity index (χ1v) is 6.16. The molecule has 1 rings (SSSR count). The fourth-order valence-corrected chi connectivity index (χ4v) is 1.54. The van der Waals surface area contributed by atoms with Crippen LogP contribution >= 0.6 is 0 Å². The van der Waals surface area contributed by atoms with Crippen molar-refractivity contribution < 1.29 is 4.79 Å². The zero-order valence-electron chi connectivity index (χ0n) is 10.9. The average molecular weight is 238 g/mol. The Morgan fingerprint density at radius 3 is 2.82 bits per heavy atom. The second kappa shape index (κ2) is 7.06. The van der Waals surface area contributed by atoms with Gasteiger partial charge in [-0.2, -0.15) is 5.10 Å². The molecule has 1 aromatic rings. The van der Waals surface area contributed by atoms with E-state index < -0.39 is 0 Å². The van der Waals surface area contributed by atoms with Crippen LogP contribution in [0.5, 0.6) is 0 Å². The highest BCUT2D eigenvalue weighted by Gasteiger charge is 2.04. The summed E-state index contributed by atoms with van der Waals surface area (Å²) in [6.45, 7) is 5.88. The summed E-state index contributed by atoms with van der Waals surface area (Å²) < 4.78 is 1.86. The van der Waals surface area contributed by atoms with Gasteiger partial charge in [0.2, 0.25) is 5.91 Å². The molecule has 0 bridgehead atoms. The van der Waals surface area contributed by atoms with Gasteiger partial charge in [-0.05, 0) is 18.9 Å². The standard InChI is InChI=1S/C12H22N4O/c1-4-6-14-12(17)9-13-8-11-7-10(5-2)15-16(11)3/h7,13H,4-6,8-9H2,1-3H3,(H,14,17). The molecule has 2 N–H and O–H groups in total. The van der Waals surface area contributed by atoms with Crippen molar-refractivity contribution in [1.29, 1.82) is 0 Å². The van der Waals surface area contributed by atoms with E-state index in [9.17, 15) is 4.79 Å². The van der Waals surface area contributed by atoms with Crippen molar-refractivity contribution in [3.63, 3.8) is 0 Å². The lowest BCUT2D eigenvalue weighted by atomic mass is 10.3. The van der Waals surface area contributed by atoms with Crippen LogP contribution in [0.2, 0.25) is 0 Å². The third-order valence-corrected chi connectivity index (χ3v) is 2.55. The molecule has 0 radical (unpaired) electrons. The predicted octanol–water partition coefficient (Wildman–Crippen LogP) is 0.598. The maximum Gasteiger partial charge on any atom is 0.233 e. The molecule has 0 aliphatic carbocycles. The van der Waals surface area contributed by atoms with Gasteiger partial charge in [0.25, 0.3) is 0 Å². The summed E-state index contributed by atoms with van der Waals surface area (Å²) >= 11 is 0. The largest absolute Gasteiger partial charge is 0.355 e. The number of carbonyl (C=O) groups excluding carboxylic acids is 1. The van der Waals surface area contributed by atoms with Gasteiger partial charge in [0.05, 0.1) is 17.9 Å². The Balaban J connectivity index is 2.30. The van der Waals surface area contributed by atoms with Gasteiger partial charge in [-0.25, -0.2) is 0 Å². The second-order valence-electron chi connectivity index (χ2n) is 4.06. The molecular weight excluding hydrogens is 216 g/mol. The summed E-state index contributed by atoms with van der Waals surface area (Å²) in [5.74, 6) is 0.0460. The smallest absolute Gasteiger partial charge is 0.233 e. The fourth-order valence-electron chi connectivity index (χ4n) is 1.54. The Kier molecular flexibility index (Phi) is 5.69. The van der Waals surface area contributed by atoms with Crippen molar-refractivity contribution in [2.45, 2.75) is 33.2 Å². The summed E-state index contributed by atoms with van der Waals surface area (Å²) in [5.41, 5.74) is 2.19. The molecule has 1 amide bonds. The Morgan fingerprint density at radius 2 is 2.24 bits per heavy atom. The maximum absolute atomic E-state index is 11.3. The topological polar surface area (TPSA) is 59.0 Å². The molecule has 1 heterocycles.